The third-order valence-corrected chi connectivity index (χ3v) is 2.18. The summed E-state index contributed by atoms with van der Waals surface area (Å²) in [6.45, 7) is -0.472. The molecule has 1 heterocycles. The zero-order chi connectivity index (χ0) is 9.84. The van der Waals surface area contributed by atoms with Gasteiger partial charge in [0.25, 0.3) is 0 Å². The third-order valence-electron chi connectivity index (χ3n) is 1.66. The molecule has 0 fully saturated rings. The molecule has 0 aliphatic heterocycles. The topological polar surface area (TPSA) is 38.9 Å². The zero-order valence-electron chi connectivity index (χ0n) is 7.21. The van der Waals surface area contributed by atoms with E-state index in [9.17, 15) is 4.39 Å². The van der Waals surface area contributed by atoms with Crippen molar-refractivity contribution in [2.24, 2.45) is 5.73 Å². The maximum atomic E-state index is 12.0. The van der Waals surface area contributed by atoms with Crippen LogP contribution in [0.2, 0.25) is 10.3 Å². The Kier molecular flexibility index (Phi) is 6.36. The van der Waals surface area contributed by atoms with Crippen molar-refractivity contribution in [1.82, 2.24) is 4.98 Å². The SMILES string of the molecule is Cl.N[C@H](CCF)c1ccc(Cl)nc1Cl. The Morgan fingerprint density at radius 2 is 2.07 bits per heavy atom. The predicted octanol–water partition coefficient (Wildman–Crippen LogP) is 3.17. The van der Waals surface area contributed by atoms with E-state index in [0.717, 1.165) is 0 Å². The molecular formula is C8H10Cl3FN2. The largest absolute Gasteiger partial charge is 0.324 e. The van der Waals surface area contributed by atoms with E-state index in [1.807, 2.05) is 0 Å². The van der Waals surface area contributed by atoms with Gasteiger partial charge in [-0.05, 0) is 12.5 Å². The first-order valence-electron chi connectivity index (χ1n) is 3.78. The molecule has 14 heavy (non-hydrogen) atoms. The first-order valence-corrected chi connectivity index (χ1v) is 4.54. The highest BCUT2D eigenvalue weighted by molar-refractivity contribution is 6.32. The van der Waals surface area contributed by atoms with Crippen LogP contribution in [-0.2, 0) is 0 Å². The van der Waals surface area contributed by atoms with Gasteiger partial charge in [-0.25, -0.2) is 4.98 Å². The summed E-state index contributed by atoms with van der Waals surface area (Å²) in [6, 6.07) is 2.83. The zero-order valence-corrected chi connectivity index (χ0v) is 9.54. The van der Waals surface area contributed by atoms with Crippen LogP contribution in [0.3, 0.4) is 0 Å². The van der Waals surface area contributed by atoms with Gasteiger partial charge in [0.2, 0.25) is 0 Å². The molecule has 2 N–H and O–H groups in total. The van der Waals surface area contributed by atoms with Gasteiger partial charge in [-0.3, -0.25) is 4.39 Å². The fourth-order valence-electron chi connectivity index (χ4n) is 0.973. The molecule has 1 aromatic rings. The highest BCUT2D eigenvalue weighted by Gasteiger charge is 2.10. The standard InChI is InChI=1S/C8H9Cl2FN2.ClH/c9-7-2-1-5(8(10)13-7)6(12)3-4-11;/h1-2,6H,3-4,12H2;1H/t6-;/m1./s1. The van der Waals surface area contributed by atoms with Gasteiger partial charge >= 0.3 is 0 Å². The van der Waals surface area contributed by atoms with Crippen LogP contribution < -0.4 is 5.73 Å². The Morgan fingerprint density at radius 1 is 1.43 bits per heavy atom. The van der Waals surface area contributed by atoms with E-state index in [-0.39, 0.29) is 24.0 Å². The molecule has 0 radical (unpaired) electrons. The smallest absolute Gasteiger partial charge is 0.135 e. The van der Waals surface area contributed by atoms with Gasteiger partial charge in [0.05, 0.1) is 6.67 Å². The quantitative estimate of drug-likeness (QED) is 0.847. The minimum atomic E-state index is -0.472. The summed E-state index contributed by atoms with van der Waals surface area (Å²) in [6.07, 6.45) is 0.239. The number of halogens is 4. The van der Waals surface area contributed by atoms with E-state index in [2.05, 4.69) is 4.98 Å². The highest BCUT2D eigenvalue weighted by Crippen LogP contribution is 2.23. The molecule has 0 spiro atoms. The second-order valence-electron chi connectivity index (χ2n) is 2.60. The summed E-state index contributed by atoms with van der Waals surface area (Å²) >= 11 is 11.4. The normalized spacial score (nSPS) is 12.0. The molecule has 0 aromatic carbocycles. The first kappa shape index (κ1) is 13.9. The summed E-state index contributed by atoms with van der Waals surface area (Å²) in [7, 11) is 0. The Balaban J connectivity index is 0.00000169. The van der Waals surface area contributed by atoms with Gasteiger partial charge in [0.15, 0.2) is 0 Å². The number of rotatable bonds is 3. The predicted molar refractivity (Wildman–Crippen MR) is 59.0 cm³/mol. The molecule has 1 atom stereocenters. The maximum absolute atomic E-state index is 12.0. The van der Waals surface area contributed by atoms with Crippen LogP contribution >= 0.6 is 35.6 Å². The highest BCUT2D eigenvalue weighted by atomic mass is 35.5. The minimum absolute atomic E-state index is 0. The van der Waals surface area contributed by atoms with Crippen LogP contribution in [0.15, 0.2) is 12.1 Å². The lowest BCUT2D eigenvalue weighted by atomic mass is 10.1. The second kappa shape index (κ2) is 6.40. The third kappa shape index (κ3) is 3.58. The molecule has 80 valence electrons. The van der Waals surface area contributed by atoms with Crippen molar-refractivity contribution in [3.05, 3.63) is 28.0 Å². The maximum Gasteiger partial charge on any atom is 0.135 e. The van der Waals surface area contributed by atoms with Crippen molar-refractivity contribution in [2.75, 3.05) is 6.67 Å². The molecule has 0 saturated carbocycles. The van der Waals surface area contributed by atoms with Crippen LogP contribution in [0.25, 0.3) is 0 Å². The van der Waals surface area contributed by atoms with E-state index in [4.69, 9.17) is 28.9 Å². The summed E-state index contributed by atoms with van der Waals surface area (Å²) in [5.41, 5.74) is 6.28. The van der Waals surface area contributed by atoms with Crippen molar-refractivity contribution in [3.8, 4) is 0 Å². The molecule has 1 aromatic heterocycles. The van der Waals surface area contributed by atoms with E-state index in [1.54, 1.807) is 12.1 Å². The Bertz CT molecular complexity index is 296. The molecule has 0 bridgehead atoms. The summed E-state index contributed by atoms with van der Waals surface area (Å²) in [5.74, 6) is 0. The molecule has 1 rings (SSSR count). The van der Waals surface area contributed by atoms with Crippen molar-refractivity contribution in [2.45, 2.75) is 12.5 Å². The van der Waals surface area contributed by atoms with Crippen LogP contribution in [0.5, 0.6) is 0 Å². The second-order valence-corrected chi connectivity index (χ2v) is 3.34. The Hall–Kier alpha value is -0.0900. The summed E-state index contributed by atoms with van der Waals surface area (Å²) < 4.78 is 12.0. The first-order chi connectivity index (χ1) is 6.15. The number of pyridine rings is 1. The fraction of sp³-hybridized carbons (Fsp3) is 0.375. The van der Waals surface area contributed by atoms with Gasteiger partial charge < -0.3 is 5.73 Å². The molecule has 6 heteroatoms. The lowest BCUT2D eigenvalue weighted by Gasteiger charge is -2.10. The van der Waals surface area contributed by atoms with Gasteiger partial charge in [0, 0.05) is 11.6 Å². The molecule has 0 aliphatic rings. The van der Waals surface area contributed by atoms with E-state index in [0.29, 0.717) is 10.7 Å². The molecule has 0 aliphatic carbocycles. The lowest BCUT2D eigenvalue weighted by molar-refractivity contribution is 0.441. The molecule has 0 unspecified atom stereocenters. The van der Waals surface area contributed by atoms with Crippen LogP contribution in [-0.4, -0.2) is 11.7 Å². The molecule has 2 nitrogen and oxygen atoms in total. The molecular weight excluding hydrogens is 249 g/mol. The number of hydrogen-bond donors (Lipinski definition) is 1. The average Bonchev–Trinajstić information content (AvgIpc) is 2.04. The average molecular weight is 260 g/mol. The number of aromatic nitrogens is 1. The van der Waals surface area contributed by atoms with Crippen LogP contribution in [0.1, 0.15) is 18.0 Å². The number of alkyl halides is 1. The fourth-order valence-corrected chi connectivity index (χ4v) is 1.46. The Morgan fingerprint density at radius 3 is 2.57 bits per heavy atom. The van der Waals surface area contributed by atoms with Gasteiger partial charge in [-0.1, -0.05) is 29.3 Å². The summed E-state index contributed by atoms with van der Waals surface area (Å²) in [5, 5.41) is 0.551. The number of hydrogen-bond acceptors (Lipinski definition) is 2. The molecule has 0 amide bonds. The number of nitrogens with two attached hydrogens (primary N) is 1. The van der Waals surface area contributed by atoms with E-state index < -0.39 is 12.7 Å². The van der Waals surface area contributed by atoms with Crippen molar-refractivity contribution in [1.29, 1.82) is 0 Å². The van der Waals surface area contributed by atoms with Gasteiger partial charge in [-0.2, -0.15) is 0 Å². The van der Waals surface area contributed by atoms with E-state index in [1.165, 1.54) is 0 Å². The Labute approximate surface area is 98.0 Å². The van der Waals surface area contributed by atoms with Crippen molar-refractivity contribution in [3.63, 3.8) is 0 Å². The van der Waals surface area contributed by atoms with Crippen molar-refractivity contribution < 1.29 is 4.39 Å². The lowest BCUT2D eigenvalue weighted by Crippen LogP contribution is -2.11. The molecule has 0 saturated heterocycles. The van der Waals surface area contributed by atoms with E-state index >= 15 is 0 Å². The van der Waals surface area contributed by atoms with Crippen LogP contribution in [0.4, 0.5) is 4.39 Å². The van der Waals surface area contributed by atoms with Crippen molar-refractivity contribution >= 4 is 35.6 Å². The summed E-state index contributed by atoms with van der Waals surface area (Å²) in [4.78, 5) is 3.81. The van der Waals surface area contributed by atoms with Crippen LogP contribution in [0, 0.1) is 0 Å². The monoisotopic (exact) mass is 258 g/mol. The minimum Gasteiger partial charge on any atom is -0.324 e. The van der Waals surface area contributed by atoms with Gasteiger partial charge in [0.1, 0.15) is 10.3 Å². The number of nitrogens with zero attached hydrogens (tertiary/aromatic N) is 1. The van der Waals surface area contributed by atoms with Gasteiger partial charge in [-0.15, -0.1) is 12.4 Å².